The Bertz CT molecular complexity index is 695. The second kappa shape index (κ2) is 7.85. The second-order valence-corrected chi connectivity index (χ2v) is 5.92. The third-order valence-electron chi connectivity index (χ3n) is 3.22. The van der Waals surface area contributed by atoms with Gasteiger partial charge in [0.15, 0.2) is 5.11 Å². The zero-order valence-corrected chi connectivity index (χ0v) is 14.4. The Kier molecular flexibility index (Phi) is 6.06. The molecule has 0 aliphatic rings. The number of nitrogens with zero attached hydrogens (tertiary/aromatic N) is 2. The average molecular weight is 377 g/mol. The molecule has 1 heterocycles. The molecule has 0 saturated carbocycles. The lowest BCUT2D eigenvalue weighted by Crippen LogP contribution is -2.30. The normalized spacial score (nSPS) is 11.4. The fraction of sp³-hybridized carbons (Fsp3) is 0.333. The molecule has 2 rings (SSSR count). The summed E-state index contributed by atoms with van der Waals surface area (Å²) >= 11 is 11.0. The molecule has 0 spiro atoms. The number of hydrogen-bond donors (Lipinski definition) is 2. The lowest BCUT2D eigenvalue weighted by molar-refractivity contribution is -0.136. The fourth-order valence-electron chi connectivity index (χ4n) is 2.06. The van der Waals surface area contributed by atoms with Crippen LogP contribution in [0.4, 0.5) is 18.9 Å². The molecule has 0 fully saturated rings. The smallest absolute Gasteiger partial charge is 0.362 e. The SMILES string of the molecule is Cc1nn(CCCNC(=S)Nc2ccccc2C(F)(F)F)cc1Cl. The van der Waals surface area contributed by atoms with E-state index in [-0.39, 0.29) is 10.8 Å². The number of rotatable bonds is 5. The maximum Gasteiger partial charge on any atom is 0.418 e. The number of anilines is 1. The molecule has 2 aromatic rings. The summed E-state index contributed by atoms with van der Waals surface area (Å²) in [4.78, 5) is 0. The predicted molar refractivity (Wildman–Crippen MR) is 92.3 cm³/mol. The molecule has 4 nitrogen and oxygen atoms in total. The summed E-state index contributed by atoms with van der Waals surface area (Å²) in [5, 5.41) is 10.4. The zero-order chi connectivity index (χ0) is 17.7. The first-order valence-corrected chi connectivity index (χ1v) is 7.96. The van der Waals surface area contributed by atoms with E-state index in [9.17, 15) is 13.2 Å². The van der Waals surface area contributed by atoms with Gasteiger partial charge in [-0.05, 0) is 37.7 Å². The minimum Gasteiger partial charge on any atom is -0.362 e. The summed E-state index contributed by atoms with van der Waals surface area (Å²) in [6.45, 7) is 2.94. The van der Waals surface area contributed by atoms with Gasteiger partial charge in [0.25, 0.3) is 0 Å². The molecule has 1 aromatic carbocycles. The number of alkyl halides is 3. The predicted octanol–water partition coefficient (Wildman–Crippen LogP) is 4.24. The summed E-state index contributed by atoms with van der Waals surface area (Å²) in [5.74, 6) is 0. The van der Waals surface area contributed by atoms with Crippen molar-refractivity contribution in [1.82, 2.24) is 15.1 Å². The van der Waals surface area contributed by atoms with Crippen molar-refractivity contribution >= 4 is 34.6 Å². The first-order chi connectivity index (χ1) is 11.3. The maximum absolute atomic E-state index is 12.9. The average Bonchev–Trinajstić information content (AvgIpc) is 2.82. The van der Waals surface area contributed by atoms with Crippen LogP contribution < -0.4 is 10.6 Å². The number of nitrogens with one attached hydrogen (secondary N) is 2. The number of benzene rings is 1. The number of thiocarbonyl (C=S) groups is 1. The highest BCUT2D eigenvalue weighted by molar-refractivity contribution is 7.80. The monoisotopic (exact) mass is 376 g/mol. The van der Waals surface area contributed by atoms with Gasteiger partial charge in [-0.1, -0.05) is 23.7 Å². The molecule has 2 N–H and O–H groups in total. The van der Waals surface area contributed by atoms with Crippen molar-refractivity contribution in [1.29, 1.82) is 0 Å². The third kappa shape index (κ3) is 5.10. The van der Waals surface area contributed by atoms with Crippen LogP contribution in [0.25, 0.3) is 0 Å². The molecule has 0 unspecified atom stereocenters. The number of aryl methyl sites for hydroxylation is 2. The zero-order valence-electron chi connectivity index (χ0n) is 12.8. The van der Waals surface area contributed by atoms with Crippen LogP contribution in [0.5, 0.6) is 0 Å². The van der Waals surface area contributed by atoms with Gasteiger partial charge in [0.05, 0.1) is 22.0 Å². The van der Waals surface area contributed by atoms with Crippen molar-refractivity contribution in [2.24, 2.45) is 0 Å². The molecule has 130 valence electrons. The fourth-order valence-corrected chi connectivity index (χ4v) is 2.42. The largest absolute Gasteiger partial charge is 0.418 e. The number of hydrogen-bond acceptors (Lipinski definition) is 2. The lowest BCUT2D eigenvalue weighted by atomic mass is 10.1. The minimum absolute atomic E-state index is 0.0722. The first-order valence-electron chi connectivity index (χ1n) is 7.18. The van der Waals surface area contributed by atoms with E-state index in [0.717, 1.165) is 11.8 Å². The standard InChI is InChI=1S/C15H16ClF3N4S/c1-10-12(16)9-23(22-10)8-4-7-20-14(24)21-13-6-3-2-5-11(13)15(17,18)19/h2-3,5-6,9H,4,7-8H2,1H3,(H2,20,21,24). The van der Waals surface area contributed by atoms with Crippen LogP contribution >= 0.6 is 23.8 Å². The molecular weight excluding hydrogens is 361 g/mol. The van der Waals surface area contributed by atoms with Gasteiger partial charge in [-0.25, -0.2) is 0 Å². The van der Waals surface area contributed by atoms with E-state index in [1.807, 2.05) is 6.92 Å². The van der Waals surface area contributed by atoms with Crippen molar-refractivity contribution in [2.45, 2.75) is 26.1 Å². The molecule has 9 heteroatoms. The van der Waals surface area contributed by atoms with E-state index >= 15 is 0 Å². The first kappa shape index (κ1) is 18.5. The lowest BCUT2D eigenvalue weighted by Gasteiger charge is -2.15. The quantitative estimate of drug-likeness (QED) is 0.605. The third-order valence-corrected chi connectivity index (χ3v) is 3.83. The Labute approximate surface area is 148 Å². The van der Waals surface area contributed by atoms with Gasteiger partial charge in [0.2, 0.25) is 0 Å². The molecule has 0 bridgehead atoms. The molecule has 0 aliphatic heterocycles. The van der Waals surface area contributed by atoms with Crippen LogP contribution in [-0.4, -0.2) is 21.4 Å². The highest BCUT2D eigenvalue weighted by Crippen LogP contribution is 2.34. The number of para-hydroxylation sites is 1. The molecule has 1 aromatic heterocycles. The summed E-state index contributed by atoms with van der Waals surface area (Å²) in [5.41, 5.74) is -0.0710. The van der Waals surface area contributed by atoms with Crippen LogP contribution in [0.2, 0.25) is 5.02 Å². The Morgan fingerprint density at radius 1 is 1.33 bits per heavy atom. The van der Waals surface area contributed by atoms with Crippen LogP contribution in [-0.2, 0) is 12.7 Å². The van der Waals surface area contributed by atoms with Crippen molar-refractivity contribution in [3.05, 3.63) is 46.7 Å². The molecule has 24 heavy (non-hydrogen) atoms. The summed E-state index contributed by atoms with van der Waals surface area (Å²) in [7, 11) is 0. The molecule has 0 radical (unpaired) electrons. The van der Waals surface area contributed by atoms with Crippen LogP contribution in [0.15, 0.2) is 30.5 Å². The molecule has 0 saturated heterocycles. The van der Waals surface area contributed by atoms with Gasteiger partial charge < -0.3 is 10.6 Å². The topological polar surface area (TPSA) is 41.9 Å². The van der Waals surface area contributed by atoms with E-state index in [4.69, 9.17) is 23.8 Å². The van der Waals surface area contributed by atoms with Gasteiger partial charge in [-0.3, -0.25) is 4.68 Å². The van der Waals surface area contributed by atoms with E-state index in [2.05, 4.69) is 15.7 Å². The Morgan fingerprint density at radius 2 is 2.04 bits per heavy atom. The van der Waals surface area contributed by atoms with Gasteiger partial charge >= 0.3 is 6.18 Å². The van der Waals surface area contributed by atoms with E-state index in [0.29, 0.717) is 24.5 Å². The molecular formula is C15H16ClF3N4S. The van der Waals surface area contributed by atoms with Crippen LogP contribution in [0.1, 0.15) is 17.7 Å². The summed E-state index contributed by atoms with van der Waals surface area (Å²) in [6.07, 6.45) is -2.01. The van der Waals surface area contributed by atoms with Gasteiger partial charge in [0.1, 0.15) is 0 Å². The van der Waals surface area contributed by atoms with Crippen molar-refractivity contribution in [3.63, 3.8) is 0 Å². The summed E-state index contributed by atoms with van der Waals surface area (Å²) in [6, 6.07) is 5.20. The van der Waals surface area contributed by atoms with Gasteiger partial charge in [0, 0.05) is 19.3 Å². The van der Waals surface area contributed by atoms with Gasteiger partial charge in [-0.2, -0.15) is 18.3 Å². The Morgan fingerprint density at radius 3 is 2.67 bits per heavy atom. The van der Waals surface area contributed by atoms with E-state index in [1.54, 1.807) is 10.9 Å². The molecule has 0 aliphatic carbocycles. The maximum atomic E-state index is 12.9. The number of halogens is 4. The Hall–Kier alpha value is -1.80. The summed E-state index contributed by atoms with van der Waals surface area (Å²) < 4.78 is 40.4. The van der Waals surface area contributed by atoms with Crippen molar-refractivity contribution < 1.29 is 13.2 Å². The molecule has 0 amide bonds. The van der Waals surface area contributed by atoms with E-state index in [1.165, 1.54) is 18.2 Å². The van der Waals surface area contributed by atoms with E-state index < -0.39 is 11.7 Å². The van der Waals surface area contributed by atoms with Crippen LogP contribution in [0, 0.1) is 6.92 Å². The number of aromatic nitrogens is 2. The Balaban J connectivity index is 1.82. The van der Waals surface area contributed by atoms with Crippen LogP contribution in [0.3, 0.4) is 0 Å². The van der Waals surface area contributed by atoms with Crippen molar-refractivity contribution in [3.8, 4) is 0 Å². The second-order valence-electron chi connectivity index (χ2n) is 5.10. The molecule has 0 atom stereocenters. The minimum atomic E-state index is -4.43. The van der Waals surface area contributed by atoms with Gasteiger partial charge in [-0.15, -0.1) is 0 Å². The highest BCUT2D eigenvalue weighted by atomic mass is 35.5. The highest BCUT2D eigenvalue weighted by Gasteiger charge is 2.33. The van der Waals surface area contributed by atoms with Crippen molar-refractivity contribution in [2.75, 3.05) is 11.9 Å².